The zero-order valence-corrected chi connectivity index (χ0v) is 10.3. The molecule has 1 aromatic heterocycles. The second-order valence-corrected chi connectivity index (χ2v) is 3.57. The zero-order chi connectivity index (χ0) is 12.7. The van der Waals surface area contributed by atoms with Crippen molar-refractivity contribution in [3.05, 3.63) is 23.6 Å². The van der Waals surface area contributed by atoms with Crippen molar-refractivity contribution in [2.75, 3.05) is 31.2 Å². The standard InChI is InChI=1S/C12H19FN2O2/c1-3-15(5-6-17-4-2)12-10(9-16)7-11(13)8-14-12/h7-8,16H,3-6,9H2,1-2H3. The number of halogens is 1. The van der Waals surface area contributed by atoms with Crippen molar-refractivity contribution in [3.63, 3.8) is 0 Å². The van der Waals surface area contributed by atoms with Crippen LogP contribution < -0.4 is 4.90 Å². The molecule has 0 fully saturated rings. The summed E-state index contributed by atoms with van der Waals surface area (Å²) in [4.78, 5) is 5.99. The van der Waals surface area contributed by atoms with Crippen LogP contribution in [0.1, 0.15) is 19.4 Å². The SMILES string of the molecule is CCOCCN(CC)c1ncc(F)cc1CO. The molecule has 5 heteroatoms. The molecule has 0 aliphatic heterocycles. The van der Waals surface area contributed by atoms with Crippen molar-refractivity contribution in [1.29, 1.82) is 0 Å². The summed E-state index contributed by atoms with van der Waals surface area (Å²) in [6.07, 6.45) is 1.16. The van der Waals surface area contributed by atoms with Gasteiger partial charge in [-0.3, -0.25) is 0 Å². The first kappa shape index (κ1) is 13.9. The molecule has 96 valence electrons. The number of aliphatic hydroxyl groups excluding tert-OH is 1. The highest BCUT2D eigenvalue weighted by atomic mass is 19.1. The largest absolute Gasteiger partial charge is 0.392 e. The van der Waals surface area contributed by atoms with Crippen LogP contribution >= 0.6 is 0 Å². The lowest BCUT2D eigenvalue weighted by atomic mass is 10.2. The second kappa shape index (κ2) is 7.19. The smallest absolute Gasteiger partial charge is 0.142 e. The van der Waals surface area contributed by atoms with E-state index < -0.39 is 5.82 Å². The molecular weight excluding hydrogens is 223 g/mol. The van der Waals surface area contributed by atoms with E-state index in [4.69, 9.17) is 4.74 Å². The van der Waals surface area contributed by atoms with Crippen molar-refractivity contribution < 1.29 is 14.2 Å². The molecule has 4 nitrogen and oxygen atoms in total. The summed E-state index contributed by atoms with van der Waals surface area (Å²) in [6, 6.07) is 1.31. The summed E-state index contributed by atoms with van der Waals surface area (Å²) >= 11 is 0. The summed E-state index contributed by atoms with van der Waals surface area (Å²) in [5, 5.41) is 9.19. The van der Waals surface area contributed by atoms with Gasteiger partial charge < -0.3 is 14.7 Å². The normalized spacial score (nSPS) is 10.6. The lowest BCUT2D eigenvalue weighted by Crippen LogP contribution is -2.29. The maximum Gasteiger partial charge on any atom is 0.142 e. The number of aromatic nitrogens is 1. The average molecular weight is 242 g/mol. The van der Waals surface area contributed by atoms with E-state index in [9.17, 15) is 9.50 Å². The van der Waals surface area contributed by atoms with Gasteiger partial charge in [0.25, 0.3) is 0 Å². The Labute approximate surface area is 101 Å². The van der Waals surface area contributed by atoms with Gasteiger partial charge in [0.1, 0.15) is 11.6 Å². The Kier molecular flexibility index (Phi) is 5.86. The summed E-state index contributed by atoms with van der Waals surface area (Å²) < 4.78 is 18.3. The Balaban J connectivity index is 2.79. The van der Waals surface area contributed by atoms with E-state index in [0.717, 1.165) is 12.7 Å². The van der Waals surface area contributed by atoms with Crippen molar-refractivity contribution in [2.45, 2.75) is 20.5 Å². The third kappa shape index (κ3) is 3.94. The van der Waals surface area contributed by atoms with Crippen LogP contribution in [0.5, 0.6) is 0 Å². The average Bonchev–Trinajstić information content (AvgIpc) is 2.35. The highest BCUT2D eigenvalue weighted by Gasteiger charge is 2.11. The second-order valence-electron chi connectivity index (χ2n) is 3.57. The number of hydrogen-bond donors (Lipinski definition) is 1. The van der Waals surface area contributed by atoms with Gasteiger partial charge in [-0.2, -0.15) is 0 Å². The van der Waals surface area contributed by atoms with Crippen LogP contribution in [-0.2, 0) is 11.3 Å². The Morgan fingerprint density at radius 2 is 2.24 bits per heavy atom. The molecule has 17 heavy (non-hydrogen) atoms. The summed E-state index contributed by atoms with van der Waals surface area (Å²) in [5.41, 5.74) is 0.503. The summed E-state index contributed by atoms with van der Waals surface area (Å²) in [5.74, 6) is 0.190. The zero-order valence-electron chi connectivity index (χ0n) is 10.3. The van der Waals surface area contributed by atoms with Crippen LogP contribution in [0.2, 0.25) is 0 Å². The maximum atomic E-state index is 13.0. The Bertz CT molecular complexity index is 347. The number of anilines is 1. The third-order valence-corrected chi connectivity index (χ3v) is 2.47. The quantitative estimate of drug-likeness (QED) is 0.737. The van der Waals surface area contributed by atoms with Gasteiger partial charge in [-0.1, -0.05) is 0 Å². The first-order chi connectivity index (χ1) is 8.22. The molecule has 0 unspecified atom stereocenters. The fourth-order valence-corrected chi connectivity index (χ4v) is 1.61. The molecule has 1 N–H and O–H groups in total. The minimum atomic E-state index is -0.432. The molecule has 0 amide bonds. The number of pyridine rings is 1. The van der Waals surface area contributed by atoms with Gasteiger partial charge in [0, 0.05) is 25.3 Å². The van der Waals surface area contributed by atoms with E-state index in [-0.39, 0.29) is 6.61 Å². The number of aliphatic hydroxyl groups is 1. The van der Waals surface area contributed by atoms with Gasteiger partial charge in [0.2, 0.25) is 0 Å². The molecule has 0 atom stereocenters. The van der Waals surface area contributed by atoms with E-state index >= 15 is 0 Å². The number of likely N-dealkylation sites (N-methyl/N-ethyl adjacent to an activating group) is 1. The van der Waals surface area contributed by atoms with E-state index in [1.807, 2.05) is 18.7 Å². The van der Waals surface area contributed by atoms with E-state index in [1.54, 1.807) is 0 Å². The third-order valence-electron chi connectivity index (χ3n) is 2.47. The van der Waals surface area contributed by atoms with Crippen molar-refractivity contribution >= 4 is 5.82 Å². The number of ether oxygens (including phenoxy) is 1. The van der Waals surface area contributed by atoms with Crippen LogP contribution in [0.3, 0.4) is 0 Å². The number of hydrogen-bond acceptors (Lipinski definition) is 4. The molecule has 0 saturated carbocycles. The van der Waals surface area contributed by atoms with Crippen molar-refractivity contribution in [3.8, 4) is 0 Å². The van der Waals surface area contributed by atoms with Crippen LogP contribution in [0, 0.1) is 5.82 Å². The van der Waals surface area contributed by atoms with E-state index in [2.05, 4.69) is 4.98 Å². The van der Waals surface area contributed by atoms with Gasteiger partial charge in [0.05, 0.1) is 19.4 Å². The van der Waals surface area contributed by atoms with Gasteiger partial charge in [-0.05, 0) is 19.9 Å². The van der Waals surface area contributed by atoms with Gasteiger partial charge >= 0.3 is 0 Å². The van der Waals surface area contributed by atoms with Crippen LogP contribution in [0.4, 0.5) is 10.2 Å². The molecular formula is C12H19FN2O2. The Morgan fingerprint density at radius 3 is 2.82 bits per heavy atom. The molecule has 0 bridgehead atoms. The van der Waals surface area contributed by atoms with Gasteiger partial charge in [-0.25, -0.2) is 9.37 Å². The molecule has 0 saturated heterocycles. The van der Waals surface area contributed by atoms with Gasteiger partial charge in [0.15, 0.2) is 0 Å². The van der Waals surface area contributed by atoms with E-state index in [1.165, 1.54) is 6.07 Å². The Morgan fingerprint density at radius 1 is 1.47 bits per heavy atom. The molecule has 0 spiro atoms. The van der Waals surface area contributed by atoms with Crippen molar-refractivity contribution in [2.24, 2.45) is 0 Å². The fourth-order valence-electron chi connectivity index (χ4n) is 1.61. The van der Waals surface area contributed by atoms with Crippen LogP contribution in [-0.4, -0.2) is 36.4 Å². The van der Waals surface area contributed by atoms with Crippen LogP contribution in [0.25, 0.3) is 0 Å². The summed E-state index contributed by atoms with van der Waals surface area (Å²) in [7, 11) is 0. The molecule has 0 aromatic carbocycles. The van der Waals surface area contributed by atoms with E-state index in [0.29, 0.717) is 31.1 Å². The maximum absolute atomic E-state index is 13.0. The first-order valence-corrected chi connectivity index (χ1v) is 5.80. The molecule has 0 radical (unpaired) electrons. The minimum absolute atomic E-state index is 0.217. The highest BCUT2D eigenvalue weighted by Crippen LogP contribution is 2.18. The van der Waals surface area contributed by atoms with Gasteiger partial charge in [-0.15, -0.1) is 0 Å². The number of nitrogens with zero attached hydrogens (tertiary/aromatic N) is 2. The Hall–Kier alpha value is -1.20. The molecule has 1 aromatic rings. The first-order valence-electron chi connectivity index (χ1n) is 5.80. The molecule has 0 aliphatic carbocycles. The highest BCUT2D eigenvalue weighted by molar-refractivity contribution is 5.46. The fraction of sp³-hybridized carbons (Fsp3) is 0.583. The topological polar surface area (TPSA) is 45.6 Å². The number of rotatable bonds is 7. The predicted molar refractivity (Wildman–Crippen MR) is 64.5 cm³/mol. The minimum Gasteiger partial charge on any atom is -0.392 e. The van der Waals surface area contributed by atoms with Crippen LogP contribution in [0.15, 0.2) is 12.3 Å². The monoisotopic (exact) mass is 242 g/mol. The molecule has 0 aliphatic rings. The lowest BCUT2D eigenvalue weighted by molar-refractivity contribution is 0.154. The predicted octanol–water partition coefficient (Wildman–Crippen LogP) is 1.58. The summed E-state index contributed by atoms with van der Waals surface area (Å²) in [6.45, 7) is 6.37. The van der Waals surface area contributed by atoms with Crippen molar-refractivity contribution in [1.82, 2.24) is 4.98 Å². The lowest BCUT2D eigenvalue weighted by Gasteiger charge is -2.23. The molecule has 1 rings (SSSR count). The molecule has 1 heterocycles.